The van der Waals surface area contributed by atoms with Gasteiger partial charge in [-0.2, -0.15) is 0 Å². The number of nitrogens with two attached hydrogens (primary N) is 1. The molecule has 2 atom stereocenters. The van der Waals surface area contributed by atoms with Gasteiger partial charge in [-0.25, -0.2) is 0 Å². The fourth-order valence-corrected chi connectivity index (χ4v) is 3.53. The molecule has 0 amide bonds. The lowest BCUT2D eigenvalue weighted by Crippen LogP contribution is -2.55. The van der Waals surface area contributed by atoms with Crippen molar-refractivity contribution >= 4 is 11.6 Å². The van der Waals surface area contributed by atoms with Gasteiger partial charge in [-0.1, -0.05) is 43.5 Å². The van der Waals surface area contributed by atoms with Gasteiger partial charge in [-0.15, -0.1) is 0 Å². The first-order valence-corrected chi connectivity index (χ1v) is 8.24. The Kier molecular flexibility index (Phi) is 5.48. The molecule has 1 heterocycles. The summed E-state index contributed by atoms with van der Waals surface area (Å²) >= 11 is 6.02. The highest BCUT2D eigenvalue weighted by Crippen LogP contribution is 2.32. The largest absolute Gasteiger partial charge is 0.320 e. The normalized spacial score (nSPS) is 21.4. The van der Waals surface area contributed by atoms with Crippen molar-refractivity contribution in [2.75, 3.05) is 13.1 Å². The molecule has 1 saturated heterocycles. The summed E-state index contributed by atoms with van der Waals surface area (Å²) in [5, 5.41) is 0.776. The van der Waals surface area contributed by atoms with Crippen molar-refractivity contribution in [3.63, 3.8) is 0 Å². The first-order valence-electron chi connectivity index (χ1n) is 7.87. The van der Waals surface area contributed by atoms with Gasteiger partial charge in [0.05, 0.1) is 5.54 Å². The molecule has 112 valence electrons. The number of rotatable bonds is 5. The summed E-state index contributed by atoms with van der Waals surface area (Å²) in [6.07, 6.45) is 6.06. The molecule has 1 fully saturated rings. The van der Waals surface area contributed by atoms with E-state index in [4.69, 9.17) is 17.3 Å². The molecule has 0 bridgehead atoms. The van der Waals surface area contributed by atoms with Crippen LogP contribution >= 0.6 is 11.6 Å². The Hall–Kier alpha value is -0.570. The summed E-state index contributed by atoms with van der Waals surface area (Å²) < 4.78 is 0. The molecule has 2 N–H and O–H groups in total. The Labute approximate surface area is 128 Å². The van der Waals surface area contributed by atoms with Gasteiger partial charge >= 0.3 is 0 Å². The number of piperidine rings is 1. The summed E-state index contributed by atoms with van der Waals surface area (Å²) in [7, 11) is 0. The van der Waals surface area contributed by atoms with Gasteiger partial charge in [0.1, 0.15) is 0 Å². The maximum absolute atomic E-state index is 6.87. The molecule has 20 heavy (non-hydrogen) atoms. The zero-order valence-corrected chi connectivity index (χ0v) is 13.5. The first kappa shape index (κ1) is 15.8. The lowest BCUT2D eigenvalue weighted by Gasteiger charge is -2.44. The van der Waals surface area contributed by atoms with Gasteiger partial charge in [0.25, 0.3) is 0 Å². The maximum atomic E-state index is 6.87. The van der Waals surface area contributed by atoms with E-state index in [1.165, 1.54) is 37.9 Å². The number of nitrogens with zero attached hydrogens (tertiary/aromatic N) is 1. The Morgan fingerprint density at radius 1 is 1.20 bits per heavy atom. The minimum absolute atomic E-state index is 0.281. The predicted octanol–water partition coefficient (Wildman–Crippen LogP) is 4.17. The highest BCUT2D eigenvalue weighted by Gasteiger charge is 2.36. The van der Waals surface area contributed by atoms with Crippen LogP contribution in [0, 0.1) is 0 Å². The molecule has 1 aliphatic rings. The first-order chi connectivity index (χ1) is 9.58. The van der Waals surface area contributed by atoms with E-state index < -0.39 is 0 Å². The second kappa shape index (κ2) is 6.93. The summed E-state index contributed by atoms with van der Waals surface area (Å²) in [5.41, 5.74) is 7.80. The van der Waals surface area contributed by atoms with Crippen molar-refractivity contribution in [3.05, 3.63) is 34.9 Å². The fraction of sp³-hybridized carbons (Fsp3) is 0.647. The lowest BCUT2D eigenvalue weighted by atomic mass is 9.79. The van der Waals surface area contributed by atoms with E-state index >= 15 is 0 Å². The number of hydrogen-bond donors (Lipinski definition) is 1. The Morgan fingerprint density at radius 2 is 1.80 bits per heavy atom. The van der Waals surface area contributed by atoms with Crippen LogP contribution < -0.4 is 5.73 Å². The predicted molar refractivity (Wildman–Crippen MR) is 87.1 cm³/mol. The van der Waals surface area contributed by atoms with Crippen molar-refractivity contribution in [1.29, 1.82) is 0 Å². The Balaban J connectivity index is 2.24. The molecule has 0 radical (unpaired) electrons. The monoisotopic (exact) mass is 294 g/mol. The van der Waals surface area contributed by atoms with Crippen molar-refractivity contribution in [2.45, 2.75) is 57.5 Å². The summed E-state index contributed by atoms with van der Waals surface area (Å²) in [6, 6.07) is 8.47. The van der Waals surface area contributed by atoms with E-state index in [9.17, 15) is 0 Å². The molecular weight excluding hydrogens is 268 g/mol. The summed E-state index contributed by atoms with van der Waals surface area (Å²) in [5.74, 6) is 0. The SMILES string of the molecule is CCCC(N)(c1ccc(Cl)cc1)C(C)N1CCCCC1. The van der Waals surface area contributed by atoms with Crippen molar-refractivity contribution in [2.24, 2.45) is 5.73 Å². The van der Waals surface area contributed by atoms with Crippen LogP contribution in [-0.2, 0) is 5.54 Å². The van der Waals surface area contributed by atoms with Crippen molar-refractivity contribution < 1.29 is 0 Å². The summed E-state index contributed by atoms with van der Waals surface area (Å²) in [6.45, 7) is 6.85. The third kappa shape index (κ3) is 3.36. The molecule has 0 spiro atoms. The minimum atomic E-state index is -0.281. The fourth-order valence-electron chi connectivity index (χ4n) is 3.40. The van der Waals surface area contributed by atoms with Gasteiger partial charge in [-0.05, 0) is 57.0 Å². The molecule has 1 aromatic rings. The average molecular weight is 295 g/mol. The molecule has 2 nitrogen and oxygen atoms in total. The highest BCUT2D eigenvalue weighted by molar-refractivity contribution is 6.30. The van der Waals surface area contributed by atoms with Crippen LogP contribution in [-0.4, -0.2) is 24.0 Å². The second-order valence-corrected chi connectivity index (χ2v) is 6.51. The third-order valence-corrected chi connectivity index (χ3v) is 4.98. The van der Waals surface area contributed by atoms with Gasteiger partial charge in [0.15, 0.2) is 0 Å². The maximum Gasteiger partial charge on any atom is 0.0564 e. The van der Waals surface area contributed by atoms with E-state index in [1.54, 1.807) is 0 Å². The third-order valence-electron chi connectivity index (χ3n) is 4.73. The summed E-state index contributed by atoms with van der Waals surface area (Å²) in [4.78, 5) is 2.56. The van der Waals surface area contributed by atoms with E-state index in [2.05, 4.69) is 30.9 Å². The van der Waals surface area contributed by atoms with Crippen LogP contribution in [0.4, 0.5) is 0 Å². The number of halogens is 1. The van der Waals surface area contributed by atoms with Crippen LogP contribution in [0.5, 0.6) is 0 Å². The minimum Gasteiger partial charge on any atom is -0.320 e. The molecule has 0 saturated carbocycles. The molecule has 1 aliphatic heterocycles. The molecule has 3 heteroatoms. The zero-order valence-electron chi connectivity index (χ0n) is 12.7. The van der Waals surface area contributed by atoms with E-state index in [0.29, 0.717) is 6.04 Å². The quantitative estimate of drug-likeness (QED) is 0.883. The van der Waals surface area contributed by atoms with Gasteiger partial charge in [0, 0.05) is 11.1 Å². The van der Waals surface area contributed by atoms with Gasteiger partial charge in [0.2, 0.25) is 0 Å². The van der Waals surface area contributed by atoms with E-state index in [0.717, 1.165) is 17.9 Å². The number of hydrogen-bond acceptors (Lipinski definition) is 2. The second-order valence-electron chi connectivity index (χ2n) is 6.07. The standard InChI is InChI=1S/C17H27ClN2/c1-3-11-17(19,15-7-9-16(18)10-8-15)14(2)20-12-5-4-6-13-20/h7-10,14H,3-6,11-13,19H2,1-2H3. The molecular formula is C17H27ClN2. The van der Waals surface area contributed by atoms with Crippen molar-refractivity contribution in [3.8, 4) is 0 Å². The Morgan fingerprint density at radius 3 is 2.35 bits per heavy atom. The van der Waals surface area contributed by atoms with Crippen LogP contribution in [0.1, 0.15) is 51.5 Å². The van der Waals surface area contributed by atoms with E-state index in [-0.39, 0.29) is 5.54 Å². The molecule has 1 aromatic carbocycles. The number of benzene rings is 1. The van der Waals surface area contributed by atoms with Gasteiger partial charge < -0.3 is 5.73 Å². The van der Waals surface area contributed by atoms with Crippen LogP contribution in [0.25, 0.3) is 0 Å². The molecule has 2 unspecified atom stereocenters. The average Bonchev–Trinajstić information content (AvgIpc) is 2.48. The van der Waals surface area contributed by atoms with Gasteiger partial charge in [-0.3, -0.25) is 4.90 Å². The van der Waals surface area contributed by atoms with E-state index in [1.807, 2.05) is 12.1 Å². The zero-order chi connectivity index (χ0) is 14.6. The topological polar surface area (TPSA) is 29.3 Å². The molecule has 2 rings (SSSR count). The Bertz CT molecular complexity index is 412. The lowest BCUT2D eigenvalue weighted by molar-refractivity contribution is 0.103. The molecule has 0 aliphatic carbocycles. The smallest absolute Gasteiger partial charge is 0.0564 e. The van der Waals surface area contributed by atoms with Crippen LogP contribution in [0.3, 0.4) is 0 Å². The highest BCUT2D eigenvalue weighted by atomic mass is 35.5. The van der Waals surface area contributed by atoms with Crippen molar-refractivity contribution in [1.82, 2.24) is 4.90 Å². The number of likely N-dealkylation sites (tertiary alicyclic amines) is 1. The van der Waals surface area contributed by atoms with Crippen LogP contribution in [0.2, 0.25) is 5.02 Å². The van der Waals surface area contributed by atoms with Crippen LogP contribution in [0.15, 0.2) is 24.3 Å². The molecule has 0 aromatic heterocycles.